The predicted molar refractivity (Wildman–Crippen MR) is 73.8 cm³/mol. The van der Waals surface area contributed by atoms with Gasteiger partial charge in [0.05, 0.1) is 18.1 Å². The van der Waals surface area contributed by atoms with Crippen LogP contribution in [0.25, 0.3) is 0 Å². The van der Waals surface area contributed by atoms with Crippen LogP contribution >= 0.6 is 0 Å². The van der Waals surface area contributed by atoms with E-state index in [9.17, 15) is 13.5 Å². The van der Waals surface area contributed by atoms with E-state index in [2.05, 4.69) is 0 Å². The summed E-state index contributed by atoms with van der Waals surface area (Å²) in [5.41, 5.74) is 0.771. The standard InChI is InChI=1S/C13H21NO4S/c1-10-9-12(5-6-13(10)18-4)19(16,17)14(3)8-7-11(2)15/h5-6,9,11,15H,7-8H2,1-4H3. The molecule has 6 heteroatoms. The molecule has 0 heterocycles. The molecule has 1 aromatic carbocycles. The zero-order chi connectivity index (χ0) is 14.6. The Hall–Kier alpha value is -1.11. The second-order valence-electron chi connectivity index (χ2n) is 4.60. The lowest BCUT2D eigenvalue weighted by atomic mass is 10.2. The number of methoxy groups -OCH3 is 1. The van der Waals surface area contributed by atoms with Crippen LogP contribution in [0.2, 0.25) is 0 Å². The number of rotatable bonds is 6. The van der Waals surface area contributed by atoms with Crippen molar-refractivity contribution in [1.29, 1.82) is 0 Å². The molecule has 0 saturated heterocycles. The first-order valence-electron chi connectivity index (χ1n) is 6.08. The van der Waals surface area contributed by atoms with Gasteiger partial charge in [-0.1, -0.05) is 0 Å². The molecule has 0 amide bonds. The molecule has 0 aliphatic heterocycles. The molecule has 19 heavy (non-hydrogen) atoms. The Balaban J connectivity index is 2.96. The minimum Gasteiger partial charge on any atom is -0.496 e. The maximum atomic E-state index is 12.3. The number of aliphatic hydroxyl groups excluding tert-OH is 1. The molecule has 0 bridgehead atoms. The molecular weight excluding hydrogens is 266 g/mol. The fourth-order valence-corrected chi connectivity index (χ4v) is 2.95. The zero-order valence-corrected chi connectivity index (χ0v) is 12.6. The lowest BCUT2D eigenvalue weighted by molar-refractivity contribution is 0.177. The van der Waals surface area contributed by atoms with Crippen LogP contribution in [0.5, 0.6) is 5.75 Å². The number of aryl methyl sites for hydroxylation is 1. The van der Waals surface area contributed by atoms with Gasteiger partial charge in [0.2, 0.25) is 10.0 Å². The summed E-state index contributed by atoms with van der Waals surface area (Å²) < 4.78 is 31.0. The Morgan fingerprint density at radius 1 is 1.42 bits per heavy atom. The van der Waals surface area contributed by atoms with Crippen molar-refractivity contribution < 1.29 is 18.3 Å². The van der Waals surface area contributed by atoms with Gasteiger partial charge in [-0.2, -0.15) is 0 Å². The van der Waals surface area contributed by atoms with Crippen molar-refractivity contribution in [3.05, 3.63) is 23.8 Å². The topological polar surface area (TPSA) is 66.8 Å². The van der Waals surface area contributed by atoms with Crippen LogP contribution in [0.3, 0.4) is 0 Å². The van der Waals surface area contributed by atoms with E-state index in [1.54, 1.807) is 33.1 Å². The smallest absolute Gasteiger partial charge is 0.242 e. The summed E-state index contributed by atoms with van der Waals surface area (Å²) in [6.07, 6.45) is -0.111. The van der Waals surface area contributed by atoms with Gasteiger partial charge < -0.3 is 9.84 Å². The summed E-state index contributed by atoms with van der Waals surface area (Å²) in [7, 11) is -0.457. The van der Waals surface area contributed by atoms with Crippen molar-refractivity contribution in [3.8, 4) is 5.75 Å². The second kappa shape index (κ2) is 6.36. The minimum absolute atomic E-state index is 0.235. The molecule has 1 aromatic rings. The fourth-order valence-electron chi connectivity index (χ4n) is 1.68. The van der Waals surface area contributed by atoms with Crippen LogP contribution < -0.4 is 4.74 Å². The molecule has 5 nitrogen and oxygen atoms in total. The number of benzene rings is 1. The average Bonchev–Trinajstić information content (AvgIpc) is 2.35. The van der Waals surface area contributed by atoms with E-state index < -0.39 is 16.1 Å². The molecule has 1 atom stereocenters. The van der Waals surface area contributed by atoms with Crippen molar-refractivity contribution in [1.82, 2.24) is 4.31 Å². The van der Waals surface area contributed by atoms with Gasteiger partial charge in [0.25, 0.3) is 0 Å². The van der Waals surface area contributed by atoms with E-state index in [1.807, 2.05) is 0 Å². The van der Waals surface area contributed by atoms with Gasteiger partial charge in [-0.05, 0) is 44.0 Å². The highest BCUT2D eigenvalue weighted by Crippen LogP contribution is 2.23. The first-order chi connectivity index (χ1) is 8.78. The zero-order valence-electron chi connectivity index (χ0n) is 11.8. The van der Waals surface area contributed by atoms with E-state index in [1.165, 1.54) is 17.4 Å². The Kier molecular flexibility index (Phi) is 5.34. The van der Waals surface area contributed by atoms with Crippen molar-refractivity contribution in [2.75, 3.05) is 20.7 Å². The third kappa shape index (κ3) is 3.92. The van der Waals surface area contributed by atoms with Gasteiger partial charge in [0.1, 0.15) is 5.75 Å². The fraction of sp³-hybridized carbons (Fsp3) is 0.538. The molecule has 0 spiro atoms. The molecule has 0 radical (unpaired) electrons. The summed E-state index contributed by atoms with van der Waals surface area (Å²) in [6.45, 7) is 3.72. The molecule has 108 valence electrons. The number of hydrogen-bond acceptors (Lipinski definition) is 4. The van der Waals surface area contributed by atoms with Crippen LogP contribution in [0.15, 0.2) is 23.1 Å². The van der Waals surface area contributed by atoms with Crippen molar-refractivity contribution >= 4 is 10.0 Å². The Morgan fingerprint density at radius 2 is 2.05 bits per heavy atom. The normalized spacial score (nSPS) is 13.6. The van der Waals surface area contributed by atoms with E-state index in [4.69, 9.17) is 4.74 Å². The Labute approximate surface area is 114 Å². The quantitative estimate of drug-likeness (QED) is 0.858. The van der Waals surface area contributed by atoms with Crippen LogP contribution in [0, 0.1) is 6.92 Å². The molecule has 0 aliphatic carbocycles. The van der Waals surface area contributed by atoms with Crippen molar-refractivity contribution in [3.63, 3.8) is 0 Å². The summed E-state index contributed by atoms with van der Waals surface area (Å²) >= 11 is 0. The highest BCUT2D eigenvalue weighted by atomic mass is 32.2. The SMILES string of the molecule is COc1ccc(S(=O)(=O)N(C)CCC(C)O)cc1C. The number of sulfonamides is 1. The van der Waals surface area contributed by atoms with Gasteiger partial charge in [-0.3, -0.25) is 0 Å². The first-order valence-corrected chi connectivity index (χ1v) is 7.52. The maximum absolute atomic E-state index is 12.3. The lowest BCUT2D eigenvalue weighted by Gasteiger charge is -2.18. The molecule has 1 rings (SSSR count). The minimum atomic E-state index is -3.52. The van der Waals surface area contributed by atoms with E-state index in [0.717, 1.165) is 5.56 Å². The van der Waals surface area contributed by atoms with Gasteiger partial charge >= 0.3 is 0 Å². The largest absolute Gasteiger partial charge is 0.496 e. The van der Waals surface area contributed by atoms with Crippen molar-refractivity contribution in [2.45, 2.75) is 31.3 Å². The first kappa shape index (κ1) is 15.9. The maximum Gasteiger partial charge on any atom is 0.242 e. The number of hydrogen-bond donors (Lipinski definition) is 1. The monoisotopic (exact) mass is 287 g/mol. The highest BCUT2D eigenvalue weighted by molar-refractivity contribution is 7.89. The second-order valence-corrected chi connectivity index (χ2v) is 6.64. The Bertz CT molecular complexity index is 525. The van der Waals surface area contributed by atoms with Gasteiger partial charge in [0, 0.05) is 13.6 Å². The molecular formula is C13H21NO4S. The number of ether oxygens (including phenoxy) is 1. The van der Waals surface area contributed by atoms with Crippen LogP contribution in [-0.4, -0.2) is 44.6 Å². The summed E-state index contributed by atoms with van der Waals surface area (Å²) in [4.78, 5) is 0.235. The van der Waals surface area contributed by atoms with Crippen LogP contribution in [-0.2, 0) is 10.0 Å². The summed E-state index contributed by atoms with van der Waals surface area (Å²) in [6, 6.07) is 4.76. The van der Waals surface area contributed by atoms with E-state index in [-0.39, 0.29) is 11.4 Å². The average molecular weight is 287 g/mol. The van der Waals surface area contributed by atoms with E-state index >= 15 is 0 Å². The molecule has 0 aromatic heterocycles. The molecule has 0 fully saturated rings. The van der Waals surface area contributed by atoms with Gasteiger partial charge in [0.15, 0.2) is 0 Å². The number of nitrogens with zero attached hydrogens (tertiary/aromatic N) is 1. The van der Waals surface area contributed by atoms with Crippen molar-refractivity contribution in [2.24, 2.45) is 0 Å². The molecule has 1 unspecified atom stereocenters. The van der Waals surface area contributed by atoms with E-state index in [0.29, 0.717) is 12.2 Å². The van der Waals surface area contributed by atoms with Crippen LogP contribution in [0.1, 0.15) is 18.9 Å². The lowest BCUT2D eigenvalue weighted by Crippen LogP contribution is -2.29. The molecule has 0 saturated carbocycles. The van der Waals surface area contributed by atoms with Crippen LogP contribution in [0.4, 0.5) is 0 Å². The third-order valence-electron chi connectivity index (χ3n) is 2.94. The third-order valence-corrected chi connectivity index (χ3v) is 4.79. The number of aliphatic hydroxyl groups is 1. The summed E-state index contributed by atoms with van der Waals surface area (Å²) in [5, 5.41) is 9.21. The molecule has 1 N–H and O–H groups in total. The highest BCUT2D eigenvalue weighted by Gasteiger charge is 2.21. The molecule has 0 aliphatic rings. The Morgan fingerprint density at radius 3 is 2.53 bits per heavy atom. The van der Waals surface area contributed by atoms with Gasteiger partial charge in [-0.25, -0.2) is 12.7 Å². The predicted octanol–water partition coefficient (Wildman–Crippen LogP) is 1.40. The summed E-state index contributed by atoms with van der Waals surface area (Å²) in [5.74, 6) is 0.658. The van der Waals surface area contributed by atoms with Gasteiger partial charge in [-0.15, -0.1) is 0 Å².